The maximum absolute atomic E-state index is 12.8. The largest absolute Gasteiger partial charge is 0.483 e. The summed E-state index contributed by atoms with van der Waals surface area (Å²) in [5.41, 5.74) is 0.708. The molecule has 1 aromatic heterocycles. The van der Waals surface area contributed by atoms with Gasteiger partial charge in [0.1, 0.15) is 16.9 Å². The second kappa shape index (κ2) is 4.67. The van der Waals surface area contributed by atoms with Gasteiger partial charge >= 0.3 is 0 Å². The molecule has 6 nitrogen and oxygen atoms in total. The molecule has 0 radical (unpaired) electrons. The number of nitrogens with one attached hydrogen (secondary N) is 1. The summed E-state index contributed by atoms with van der Waals surface area (Å²) < 4.78 is 5.91. The molecule has 0 atom stereocenters. The Hall–Kier alpha value is -3.15. The number of nitro benzene ring substituents is 1. The minimum absolute atomic E-state index is 0.120. The van der Waals surface area contributed by atoms with E-state index in [0.29, 0.717) is 22.0 Å². The number of benzene rings is 2. The second-order valence-electron chi connectivity index (χ2n) is 6.35. The summed E-state index contributed by atoms with van der Waals surface area (Å²) in [6, 6.07) is 7.96. The molecule has 6 heteroatoms. The molecule has 0 saturated carbocycles. The molecular weight excluding hydrogens is 308 g/mol. The molecule has 0 spiro atoms. The summed E-state index contributed by atoms with van der Waals surface area (Å²) in [6.07, 6.45) is 3.79. The van der Waals surface area contributed by atoms with E-state index >= 15 is 0 Å². The van der Waals surface area contributed by atoms with Crippen molar-refractivity contribution in [3.8, 4) is 5.75 Å². The zero-order chi connectivity index (χ0) is 17.1. The van der Waals surface area contributed by atoms with Gasteiger partial charge in [-0.25, -0.2) is 0 Å². The molecule has 0 unspecified atom stereocenters. The predicted molar refractivity (Wildman–Crippen MR) is 92.5 cm³/mol. The van der Waals surface area contributed by atoms with Crippen molar-refractivity contribution >= 4 is 33.6 Å². The number of rotatable bonds is 1. The summed E-state index contributed by atoms with van der Waals surface area (Å²) in [5, 5.41) is 12.1. The third-order valence-electron chi connectivity index (χ3n) is 4.21. The third-order valence-corrected chi connectivity index (χ3v) is 4.21. The molecule has 0 bridgehead atoms. The lowest BCUT2D eigenvalue weighted by Crippen LogP contribution is -2.27. The van der Waals surface area contributed by atoms with Crippen LogP contribution in [-0.4, -0.2) is 15.5 Å². The van der Waals surface area contributed by atoms with Crippen molar-refractivity contribution in [3.05, 3.63) is 62.3 Å². The first-order chi connectivity index (χ1) is 11.4. The maximum Gasteiger partial charge on any atom is 0.293 e. The molecule has 1 aliphatic rings. The highest BCUT2D eigenvalue weighted by Gasteiger charge is 2.24. The smallest absolute Gasteiger partial charge is 0.293 e. The summed E-state index contributed by atoms with van der Waals surface area (Å²) in [4.78, 5) is 26.6. The number of fused-ring (bicyclic) bond motifs is 4. The maximum atomic E-state index is 12.8. The number of non-ortho nitro benzene ring substituents is 1. The standard InChI is InChI=1S/C18H14N2O4/c1-18(2)9-8-10-14(24-18)7-6-12-15(10)19-16-11(17(12)21)4-3-5-13(16)20(22)23/h3-9H,1-2H3,(H,19,21). The van der Waals surface area contributed by atoms with E-state index in [9.17, 15) is 14.9 Å². The summed E-state index contributed by atoms with van der Waals surface area (Å²) in [6.45, 7) is 3.87. The van der Waals surface area contributed by atoms with Crippen LogP contribution in [-0.2, 0) is 0 Å². The van der Waals surface area contributed by atoms with Crippen molar-refractivity contribution < 1.29 is 9.66 Å². The minimum Gasteiger partial charge on any atom is -0.483 e. The lowest BCUT2D eigenvalue weighted by molar-refractivity contribution is -0.383. The second-order valence-corrected chi connectivity index (χ2v) is 6.35. The Morgan fingerprint density at radius 2 is 1.88 bits per heavy atom. The monoisotopic (exact) mass is 322 g/mol. The van der Waals surface area contributed by atoms with Crippen LogP contribution in [0.15, 0.2) is 41.2 Å². The van der Waals surface area contributed by atoms with Crippen molar-refractivity contribution in [2.75, 3.05) is 0 Å². The first kappa shape index (κ1) is 14.4. The molecule has 0 amide bonds. The van der Waals surface area contributed by atoms with Crippen LogP contribution in [0.4, 0.5) is 5.69 Å². The van der Waals surface area contributed by atoms with E-state index in [4.69, 9.17) is 4.74 Å². The molecule has 4 rings (SSSR count). The summed E-state index contributed by atoms with van der Waals surface area (Å²) in [5.74, 6) is 0.642. The van der Waals surface area contributed by atoms with Crippen LogP contribution >= 0.6 is 0 Å². The summed E-state index contributed by atoms with van der Waals surface area (Å²) >= 11 is 0. The van der Waals surface area contributed by atoms with E-state index in [-0.39, 0.29) is 16.6 Å². The SMILES string of the molecule is CC1(C)C=Cc2c(ccc3c(=O)c4cccc([N+](=O)[O-])c4[nH]c23)O1. The molecule has 24 heavy (non-hydrogen) atoms. The van der Waals surface area contributed by atoms with E-state index in [1.165, 1.54) is 12.1 Å². The molecule has 1 N–H and O–H groups in total. The first-order valence-corrected chi connectivity index (χ1v) is 7.52. The average molecular weight is 322 g/mol. The number of aromatic nitrogens is 1. The normalized spacial score (nSPS) is 15.2. The molecular formula is C18H14N2O4. The zero-order valence-corrected chi connectivity index (χ0v) is 13.1. The molecule has 1 aliphatic heterocycles. The number of pyridine rings is 1. The first-order valence-electron chi connectivity index (χ1n) is 7.52. The van der Waals surface area contributed by atoms with Crippen molar-refractivity contribution in [2.24, 2.45) is 0 Å². The highest BCUT2D eigenvalue weighted by atomic mass is 16.6. The van der Waals surface area contributed by atoms with Crippen molar-refractivity contribution in [1.82, 2.24) is 4.98 Å². The van der Waals surface area contributed by atoms with E-state index in [1.54, 1.807) is 18.2 Å². The topological polar surface area (TPSA) is 85.2 Å². The Bertz CT molecular complexity index is 1110. The van der Waals surface area contributed by atoms with E-state index in [1.807, 2.05) is 26.0 Å². The number of nitro groups is 1. The van der Waals surface area contributed by atoms with Gasteiger partial charge in [0.15, 0.2) is 5.43 Å². The van der Waals surface area contributed by atoms with Crippen molar-refractivity contribution in [3.63, 3.8) is 0 Å². The van der Waals surface area contributed by atoms with Crippen LogP contribution in [0.2, 0.25) is 0 Å². The van der Waals surface area contributed by atoms with Gasteiger partial charge in [0.05, 0.1) is 15.8 Å². The number of para-hydroxylation sites is 1. The van der Waals surface area contributed by atoms with Crippen molar-refractivity contribution in [2.45, 2.75) is 19.4 Å². The predicted octanol–water partition coefficient (Wildman–Crippen LogP) is 3.77. The van der Waals surface area contributed by atoms with Crippen LogP contribution < -0.4 is 10.2 Å². The zero-order valence-electron chi connectivity index (χ0n) is 13.1. The number of hydrogen-bond acceptors (Lipinski definition) is 4. The van der Waals surface area contributed by atoms with Gasteiger partial charge in [-0.15, -0.1) is 0 Å². The third kappa shape index (κ3) is 2.00. The average Bonchev–Trinajstić information content (AvgIpc) is 2.53. The summed E-state index contributed by atoms with van der Waals surface area (Å²) in [7, 11) is 0. The highest BCUT2D eigenvalue weighted by molar-refractivity contribution is 6.00. The molecule has 0 fully saturated rings. The number of H-pyrrole nitrogens is 1. The molecule has 2 heterocycles. The van der Waals surface area contributed by atoms with Crippen LogP contribution in [0.3, 0.4) is 0 Å². The molecule has 120 valence electrons. The lowest BCUT2D eigenvalue weighted by atomic mass is 9.99. The number of hydrogen-bond donors (Lipinski definition) is 1. The fourth-order valence-electron chi connectivity index (χ4n) is 3.06. The van der Waals surface area contributed by atoms with Gasteiger partial charge in [-0.2, -0.15) is 0 Å². The van der Waals surface area contributed by atoms with Gasteiger partial charge in [-0.05, 0) is 44.2 Å². The van der Waals surface area contributed by atoms with Gasteiger partial charge in [0.2, 0.25) is 0 Å². The molecule has 3 aromatic rings. The minimum atomic E-state index is -0.491. The van der Waals surface area contributed by atoms with Crippen LogP contribution in [0.25, 0.3) is 27.9 Å². The number of nitrogens with zero attached hydrogens (tertiary/aromatic N) is 1. The molecule has 2 aromatic carbocycles. The fraction of sp³-hybridized carbons (Fsp3) is 0.167. The van der Waals surface area contributed by atoms with Crippen LogP contribution in [0.1, 0.15) is 19.4 Å². The Morgan fingerprint density at radius 1 is 1.12 bits per heavy atom. The van der Waals surface area contributed by atoms with E-state index < -0.39 is 10.5 Å². The van der Waals surface area contributed by atoms with Crippen LogP contribution in [0, 0.1) is 10.1 Å². The van der Waals surface area contributed by atoms with Crippen LogP contribution in [0.5, 0.6) is 5.75 Å². The van der Waals surface area contributed by atoms with E-state index in [2.05, 4.69) is 4.98 Å². The van der Waals surface area contributed by atoms with Gasteiger partial charge in [0, 0.05) is 17.0 Å². The van der Waals surface area contributed by atoms with Crippen molar-refractivity contribution in [1.29, 1.82) is 0 Å². The fourth-order valence-corrected chi connectivity index (χ4v) is 3.06. The Labute approximate surface area is 136 Å². The quantitative estimate of drug-likeness (QED) is 0.420. The Morgan fingerprint density at radius 3 is 2.62 bits per heavy atom. The molecule has 0 saturated heterocycles. The van der Waals surface area contributed by atoms with Gasteiger partial charge in [-0.1, -0.05) is 6.07 Å². The van der Waals surface area contributed by atoms with Gasteiger partial charge < -0.3 is 9.72 Å². The highest BCUT2D eigenvalue weighted by Crippen LogP contribution is 2.35. The van der Waals surface area contributed by atoms with E-state index in [0.717, 1.165) is 5.56 Å². The lowest BCUT2D eigenvalue weighted by Gasteiger charge is -2.28. The Balaban J connectivity index is 2.16. The molecule has 0 aliphatic carbocycles. The number of aromatic amines is 1. The van der Waals surface area contributed by atoms with Gasteiger partial charge in [-0.3, -0.25) is 14.9 Å². The van der Waals surface area contributed by atoms with Gasteiger partial charge in [0.25, 0.3) is 5.69 Å². The Kier molecular flexibility index (Phi) is 2.81. The number of ether oxygens (including phenoxy) is 1.